The number of hydrogen-bond donors (Lipinski definition) is 1. The second kappa shape index (κ2) is 6.87. The summed E-state index contributed by atoms with van der Waals surface area (Å²) in [4.78, 5) is 13.0. The van der Waals surface area contributed by atoms with Crippen LogP contribution in [0.5, 0.6) is 5.75 Å². The molecule has 6 heteroatoms. The largest absolute Gasteiger partial charge is 0.496 e. The van der Waals surface area contributed by atoms with Crippen LogP contribution in [0.1, 0.15) is 24.9 Å². The normalized spacial score (nSPS) is 21.0. The predicted molar refractivity (Wildman–Crippen MR) is 74.9 cm³/mol. The third-order valence-corrected chi connectivity index (χ3v) is 3.83. The summed E-state index contributed by atoms with van der Waals surface area (Å²) in [6.07, 6.45) is -0.0267. The van der Waals surface area contributed by atoms with Crippen LogP contribution in [0.3, 0.4) is 0 Å². The third-order valence-electron chi connectivity index (χ3n) is 3.83. The zero-order valence-corrected chi connectivity index (χ0v) is 12.2. The van der Waals surface area contributed by atoms with Crippen LogP contribution in [0.15, 0.2) is 18.2 Å². The van der Waals surface area contributed by atoms with E-state index >= 15 is 0 Å². The molecule has 1 saturated heterocycles. The van der Waals surface area contributed by atoms with Crippen LogP contribution in [0.4, 0.5) is 4.39 Å². The van der Waals surface area contributed by atoms with Crippen LogP contribution in [-0.4, -0.2) is 48.9 Å². The standard InChI is InChI=1S/C15H20FNO4/c1-10(15-12(16)4-3-5-13(15)20-2)17-6-7-21-9-11(17)8-14(18)19/h3-5,10-11H,6-9H2,1-2H3,(H,18,19). The van der Waals surface area contributed by atoms with E-state index in [1.807, 2.05) is 11.8 Å². The molecule has 2 rings (SSSR count). The highest BCUT2D eigenvalue weighted by atomic mass is 19.1. The van der Waals surface area contributed by atoms with Crippen LogP contribution >= 0.6 is 0 Å². The maximum Gasteiger partial charge on any atom is 0.305 e. The van der Waals surface area contributed by atoms with E-state index in [1.165, 1.54) is 13.2 Å². The van der Waals surface area contributed by atoms with Gasteiger partial charge in [0.2, 0.25) is 0 Å². The lowest BCUT2D eigenvalue weighted by Gasteiger charge is -2.39. The van der Waals surface area contributed by atoms with Crippen LogP contribution < -0.4 is 4.74 Å². The first-order valence-electron chi connectivity index (χ1n) is 6.92. The molecule has 0 radical (unpaired) electrons. The van der Waals surface area contributed by atoms with Gasteiger partial charge >= 0.3 is 5.97 Å². The van der Waals surface area contributed by atoms with Crippen LogP contribution in [0.2, 0.25) is 0 Å². The molecule has 1 aliphatic heterocycles. The maximum atomic E-state index is 14.2. The van der Waals surface area contributed by atoms with Crippen molar-refractivity contribution in [2.75, 3.05) is 26.9 Å². The van der Waals surface area contributed by atoms with E-state index in [4.69, 9.17) is 14.6 Å². The lowest BCUT2D eigenvalue weighted by molar-refractivity contribution is -0.140. The molecular weight excluding hydrogens is 277 g/mol. The quantitative estimate of drug-likeness (QED) is 0.901. The van der Waals surface area contributed by atoms with E-state index in [2.05, 4.69) is 0 Å². The van der Waals surface area contributed by atoms with E-state index in [0.717, 1.165) is 0 Å². The number of carboxylic acids is 1. The highest BCUT2D eigenvalue weighted by Crippen LogP contribution is 2.33. The predicted octanol–water partition coefficient (Wildman–Crippen LogP) is 2.07. The van der Waals surface area contributed by atoms with Crippen molar-refractivity contribution in [2.24, 2.45) is 0 Å². The Morgan fingerprint density at radius 1 is 1.62 bits per heavy atom. The minimum absolute atomic E-state index is 0.0267. The Morgan fingerprint density at radius 2 is 2.38 bits per heavy atom. The number of morpholine rings is 1. The van der Waals surface area contributed by atoms with Gasteiger partial charge in [-0.15, -0.1) is 0 Å². The minimum atomic E-state index is -0.886. The fraction of sp³-hybridized carbons (Fsp3) is 0.533. The van der Waals surface area contributed by atoms with Crippen molar-refractivity contribution in [1.82, 2.24) is 4.90 Å². The first kappa shape index (κ1) is 15.7. The van der Waals surface area contributed by atoms with Gasteiger partial charge in [0.25, 0.3) is 0 Å². The maximum absolute atomic E-state index is 14.2. The summed E-state index contributed by atoms with van der Waals surface area (Å²) in [5.74, 6) is -0.756. The van der Waals surface area contributed by atoms with E-state index in [0.29, 0.717) is 31.1 Å². The van der Waals surface area contributed by atoms with Crippen molar-refractivity contribution in [3.8, 4) is 5.75 Å². The Bertz CT molecular complexity index is 508. The fourth-order valence-electron chi connectivity index (χ4n) is 2.82. The lowest BCUT2D eigenvalue weighted by atomic mass is 10.0. The first-order chi connectivity index (χ1) is 10.0. The van der Waals surface area contributed by atoms with Gasteiger partial charge in [0.05, 0.1) is 26.7 Å². The number of benzene rings is 1. The van der Waals surface area contributed by atoms with Gasteiger partial charge in [-0.05, 0) is 19.1 Å². The molecule has 2 unspecified atom stereocenters. The van der Waals surface area contributed by atoms with Gasteiger partial charge < -0.3 is 14.6 Å². The summed E-state index contributed by atoms with van der Waals surface area (Å²) in [6.45, 7) is 3.28. The van der Waals surface area contributed by atoms with Crippen molar-refractivity contribution < 1.29 is 23.8 Å². The summed E-state index contributed by atoms with van der Waals surface area (Å²) >= 11 is 0. The van der Waals surface area contributed by atoms with Crippen LogP contribution in [-0.2, 0) is 9.53 Å². The van der Waals surface area contributed by atoms with Gasteiger partial charge in [0, 0.05) is 24.2 Å². The number of methoxy groups -OCH3 is 1. The zero-order chi connectivity index (χ0) is 15.4. The summed E-state index contributed by atoms with van der Waals surface area (Å²) in [7, 11) is 1.50. The Morgan fingerprint density at radius 3 is 3.05 bits per heavy atom. The van der Waals surface area contributed by atoms with E-state index in [9.17, 15) is 9.18 Å². The van der Waals surface area contributed by atoms with Crippen molar-refractivity contribution >= 4 is 5.97 Å². The van der Waals surface area contributed by atoms with Gasteiger partial charge in [-0.2, -0.15) is 0 Å². The summed E-state index contributed by atoms with van der Waals surface area (Å²) in [5, 5.41) is 9.01. The zero-order valence-electron chi connectivity index (χ0n) is 12.2. The van der Waals surface area contributed by atoms with Crippen molar-refractivity contribution in [1.29, 1.82) is 0 Å². The van der Waals surface area contributed by atoms with E-state index < -0.39 is 5.97 Å². The second-order valence-electron chi connectivity index (χ2n) is 5.10. The van der Waals surface area contributed by atoms with Crippen molar-refractivity contribution in [3.63, 3.8) is 0 Å². The number of aliphatic carboxylic acids is 1. The Hall–Kier alpha value is -1.66. The molecule has 116 valence electrons. The van der Waals surface area contributed by atoms with E-state index in [1.54, 1.807) is 12.1 Å². The second-order valence-corrected chi connectivity index (χ2v) is 5.10. The molecule has 1 aromatic carbocycles. The van der Waals surface area contributed by atoms with Gasteiger partial charge in [-0.25, -0.2) is 4.39 Å². The van der Waals surface area contributed by atoms with Crippen molar-refractivity contribution in [3.05, 3.63) is 29.6 Å². The number of carboxylic acid groups (broad SMARTS) is 1. The topological polar surface area (TPSA) is 59.0 Å². The Balaban J connectivity index is 2.28. The summed E-state index contributed by atoms with van der Waals surface area (Å²) in [6, 6.07) is 4.14. The average molecular weight is 297 g/mol. The molecule has 0 aliphatic carbocycles. The molecule has 2 atom stereocenters. The van der Waals surface area contributed by atoms with Gasteiger partial charge in [0.1, 0.15) is 11.6 Å². The Labute approximate surface area is 123 Å². The monoisotopic (exact) mass is 297 g/mol. The fourth-order valence-corrected chi connectivity index (χ4v) is 2.82. The average Bonchev–Trinajstić information content (AvgIpc) is 2.46. The smallest absolute Gasteiger partial charge is 0.305 e. The molecule has 0 spiro atoms. The highest BCUT2D eigenvalue weighted by Gasteiger charge is 2.32. The molecule has 1 fully saturated rings. The van der Waals surface area contributed by atoms with E-state index in [-0.39, 0.29) is 24.3 Å². The number of hydrogen-bond acceptors (Lipinski definition) is 4. The number of ether oxygens (including phenoxy) is 2. The number of rotatable bonds is 5. The third kappa shape index (κ3) is 3.51. The molecule has 0 aromatic heterocycles. The van der Waals surface area contributed by atoms with Gasteiger partial charge in [0.15, 0.2) is 0 Å². The molecule has 21 heavy (non-hydrogen) atoms. The molecule has 0 bridgehead atoms. The van der Waals surface area contributed by atoms with Gasteiger partial charge in [-0.3, -0.25) is 9.69 Å². The first-order valence-corrected chi connectivity index (χ1v) is 6.92. The van der Waals surface area contributed by atoms with Crippen LogP contribution in [0.25, 0.3) is 0 Å². The van der Waals surface area contributed by atoms with Crippen molar-refractivity contribution in [2.45, 2.75) is 25.4 Å². The summed E-state index contributed by atoms with van der Waals surface area (Å²) in [5.41, 5.74) is 0.456. The SMILES string of the molecule is COc1cccc(F)c1C(C)N1CCOCC1CC(=O)O. The molecule has 0 amide bonds. The summed E-state index contributed by atoms with van der Waals surface area (Å²) < 4.78 is 24.8. The lowest BCUT2D eigenvalue weighted by Crippen LogP contribution is -2.47. The highest BCUT2D eigenvalue weighted by molar-refractivity contribution is 5.67. The molecule has 1 N–H and O–H groups in total. The molecule has 1 aromatic rings. The van der Waals surface area contributed by atoms with Crippen LogP contribution in [0, 0.1) is 5.82 Å². The molecule has 5 nitrogen and oxygen atoms in total. The number of carbonyl (C=O) groups is 1. The molecule has 0 saturated carbocycles. The minimum Gasteiger partial charge on any atom is -0.496 e. The number of halogens is 1. The Kier molecular flexibility index (Phi) is 5.14. The van der Waals surface area contributed by atoms with Gasteiger partial charge in [-0.1, -0.05) is 6.07 Å². The molecular formula is C15H20FNO4. The molecule has 1 heterocycles. The molecule has 1 aliphatic rings. The number of nitrogens with zero attached hydrogens (tertiary/aromatic N) is 1.